The molecule has 0 aliphatic carbocycles. The zero-order chi connectivity index (χ0) is 14.5. The van der Waals surface area contributed by atoms with Gasteiger partial charge in [-0.2, -0.15) is 17.0 Å². The van der Waals surface area contributed by atoms with Gasteiger partial charge in [-0.1, -0.05) is 12.1 Å². The predicted molar refractivity (Wildman–Crippen MR) is 75.1 cm³/mol. The van der Waals surface area contributed by atoms with E-state index < -0.39 is 10.2 Å². The van der Waals surface area contributed by atoms with E-state index in [4.69, 9.17) is 10.5 Å². The number of nitrogens with two attached hydrogens (primary N) is 1. The molecule has 0 radical (unpaired) electrons. The number of methoxy groups -OCH3 is 1. The molecule has 0 atom stereocenters. The van der Waals surface area contributed by atoms with E-state index in [1.54, 1.807) is 14.2 Å². The lowest BCUT2D eigenvalue weighted by Gasteiger charge is -2.24. The van der Waals surface area contributed by atoms with Crippen molar-refractivity contribution < 1.29 is 13.2 Å². The van der Waals surface area contributed by atoms with Crippen molar-refractivity contribution in [2.24, 2.45) is 5.73 Å². The molecule has 0 spiro atoms. The van der Waals surface area contributed by atoms with Crippen molar-refractivity contribution in [1.29, 1.82) is 0 Å². The van der Waals surface area contributed by atoms with Crippen LogP contribution in [-0.4, -0.2) is 51.3 Å². The summed E-state index contributed by atoms with van der Waals surface area (Å²) in [4.78, 5) is 0. The number of ether oxygens (including phenoxy) is 1. The molecule has 0 aliphatic heterocycles. The normalized spacial score (nSPS) is 12.1. The van der Waals surface area contributed by atoms with Gasteiger partial charge in [-0.3, -0.25) is 0 Å². The zero-order valence-electron chi connectivity index (χ0n) is 11.5. The van der Waals surface area contributed by atoms with Gasteiger partial charge < -0.3 is 10.5 Å². The second-order valence-electron chi connectivity index (χ2n) is 4.23. The Morgan fingerprint density at radius 1 is 1.26 bits per heavy atom. The van der Waals surface area contributed by atoms with Gasteiger partial charge in [0.1, 0.15) is 5.75 Å². The van der Waals surface area contributed by atoms with E-state index >= 15 is 0 Å². The summed E-state index contributed by atoms with van der Waals surface area (Å²) in [6.07, 6.45) is 0. The summed E-state index contributed by atoms with van der Waals surface area (Å²) >= 11 is 0. The quantitative estimate of drug-likeness (QED) is 0.780. The van der Waals surface area contributed by atoms with Crippen LogP contribution < -0.4 is 10.5 Å². The molecule has 0 unspecified atom stereocenters. The Balaban J connectivity index is 2.80. The largest absolute Gasteiger partial charge is 0.497 e. The van der Waals surface area contributed by atoms with Crippen molar-refractivity contribution in [3.05, 3.63) is 29.8 Å². The van der Waals surface area contributed by atoms with Crippen LogP contribution in [0.3, 0.4) is 0 Å². The lowest BCUT2D eigenvalue weighted by Crippen LogP contribution is -2.41. The number of hydrogen-bond acceptors (Lipinski definition) is 4. The van der Waals surface area contributed by atoms with Gasteiger partial charge in [-0.25, -0.2) is 0 Å². The second-order valence-corrected chi connectivity index (χ2v) is 6.37. The van der Waals surface area contributed by atoms with Gasteiger partial charge in [0.15, 0.2) is 0 Å². The van der Waals surface area contributed by atoms with Crippen LogP contribution in [0.25, 0.3) is 0 Å². The Labute approximate surface area is 114 Å². The Morgan fingerprint density at radius 2 is 1.95 bits per heavy atom. The van der Waals surface area contributed by atoms with Crippen molar-refractivity contribution in [3.63, 3.8) is 0 Å². The van der Waals surface area contributed by atoms with Crippen molar-refractivity contribution >= 4 is 10.2 Å². The monoisotopic (exact) mass is 287 g/mol. The Bertz CT molecular complexity index is 505. The van der Waals surface area contributed by atoms with Crippen molar-refractivity contribution in [2.45, 2.75) is 6.54 Å². The van der Waals surface area contributed by atoms with Crippen LogP contribution in [0.4, 0.5) is 0 Å². The summed E-state index contributed by atoms with van der Waals surface area (Å²) in [7, 11) is 1.17. The molecule has 0 aliphatic rings. The topological polar surface area (TPSA) is 75.9 Å². The maximum absolute atomic E-state index is 12.1. The highest BCUT2D eigenvalue weighted by Gasteiger charge is 2.22. The summed E-state index contributed by atoms with van der Waals surface area (Å²) in [6, 6.07) is 7.32. The van der Waals surface area contributed by atoms with Crippen LogP contribution in [0, 0.1) is 0 Å². The molecule has 108 valence electrons. The predicted octanol–water partition coefficient (Wildman–Crippen LogP) is 0.262. The molecule has 0 aromatic heterocycles. The molecule has 0 amide bonds. The Kier molecular flexibility index (Phi) is 5.74. The summed E-state index contributed by atoms with van der Waals surface area (Å²) in [5.41, 5.74) is 6.24. The first-order valence-corrected chi connectivity index (χ1v) is 7.32. The molecule has 0 saturated heterocycles. The van der Waals surface area contributed by atoms with E-state index in [1.807, 2.05) is 24.3 Å². The van der Waals surface area contributed by atoms with E-state index in [1.165, 1.54) is 15.7 Å². The SMILES string of the molecule is COc1cccc(CN(C)S(=O)(=O)N(C)CCN)c1. The summed E-state index contributed by atoms with van der Waals surface area (Å²) < 4.78 is 31.9. The maximum Gasteiger partial charge on any atom is 0.281 e. The van der Waals surface area contributed by atoms with E-state index in [0.29, 0.717) is 18.8 Å². The standard InChI is InChI=1S/C12H21N3O3S/c1-14(8-7-13)19(16,17)15(2)10-11-5-4-6-12(9-11)18-3/h4-6,9H,7-8,10,13H2,1-3H3. The van der Waals surface area contributed by atoms with Crippen LogP contribution in [-0.2, 0) is 16.8 Å². The minimum atomic E-state index is -3.47. The average molecular weight is 287 g/mol. The first-order chi connectivity index (χ1) is 8.91. The molecule has 1 aromatic carbocycles. The highest BCUT2D eigenvalue weighted by atomic mass is 32.2. The third-order valence-corrected chi connectivity index (χ3v) is 4.66. The maximum atomic E-state index is 12.1. The number of rotatable bonds is 7. The fraction of sp³-hybridized carbons (Fsp3) is 0.500. The van der Waals surface area contributed by atoms with Gasteiger partial charge in [0.25, 0.3) is 10.2 Å². The molecule has 1 rings (SSSR count). The number of hydrogen-bond donors (Lipinski definition) is 1. The van der Waals surface area contributed by atoms with Gasteiger partial charge in [0.2, 0.25) is 0 Å². The van der Waals surface area contributed by atoms with Crippen molar-refractivity contribution in [1.82, 2.24) is 8.61 Å². The Hall–Kier alpha value is -1.15. The molecule has 0 heterocycles. The summed E-state index contributed by atoms with van der Waals surface area (Å²) in [6.45, 7) is 0.877. The molecule has 0 fully saturated rings. The van der Waals surface area contributed by atoms with Crippen LogP contribution in [0.5, 0.6) is 5.75 Å². The zero-order valence-corrected chi connectivity index (χ0v) is 12.4. The van der Waals surface area contributed by atoms with Gasteiger partial charge in [-0.15, -0.1) is 0 Å². The third-order valence-electron chi connectivity index (χ3n) is 2.77. The first-order valence-electron chi connectivity index (χ1n) is 5.92. The summed E-state index contributed by atoms with van der Waals surface area (Å²) in [5, 5.41) is 0. The third kappa shape index (κ3) is 4.17. The van der Waals surface area contributed by atoms with Gasteiger partial charge in [0, 0.05) is 33.7 Å². The lowest BCUT2D eigenvalue weighted by atomic mass is 10.2. The second kappa shape index (κ2) is 6.85. The fourth-order valence-electron chi connectivity index (χ4n) is 1.64. The molecule has 0 saturated carbocycles. The van der Waals surface area contributed by atoms with E-state index in [-0.39, 0.29) is 6.54 Å². The van der Waals surface area contributed by atoms with Crippen LogP contribution in [0.1, 0.15) is 5.56 Å². The van der Waals surface area contributed by atoms with Crippen LogP contribution in [0.15, 0.2) is 24.3 Å². The van der Waals surface area contributed by atoms with Gasteiger partial charge >= 0.3 is 0 Å². The Morgan fingerprint density at radius 3 is 2.53 bits per heavy atom. The molecule has 6 nitrogen and oxygen atoms in total. The van der Waals surface area contributed by atoms with E-state index in [9.17, 15) is 8.42 Å². The van der Waals surface area contributed by atoms with Crippen LogP contribution in [0.2, 0.25) is 0 Å². The number of benzene rings is 1. The molecule has 2 N–H and O–H groups in total. The van der Waals surface area contributed by atoms with Gasteiger partial charge in [0.05, 0.1) is 7.11 Å². The van der Waals surface area contributed by atoms with Crippen LogP contribution >= 0.6 is 0 Å². The number of nitrogens with zero attached hydrogens (tertiary/aromatic N) is 2. The molecular formula is C12H21N3O3S. The molecular weight excluding hydrogens is 266 g/mol. The minimum Gasteiger partial charge on any atom is -0.497 e. The molecule has 0 bridgehead atoms. The van der Waals surface area contributed by atoms with Crippen molar-refractivity contribution in [3.8, 4) is 5.75 Å². The van der Waals surface area contributed by atoms with E-state index in [0.717, 1.165) is 5.56 Å². The smallest absolute Gasteiger partial charge is 0.281 e. The average Bonchev–Trinajstić information content (AvgIpc) is 2.39. The molecule has 19 heavy (non-hydrogen) atoms. The lowest BCUT2D eigenvalue weighted by molar-refractivity contribution is 0.390. The first kappa shape index (κ1) is 15.9. The molecule has 7 heteroatoms. The molecule has 1 aromatic rings. The number of likely N-dealkylation sites (N-methyl/N-ethyl adjacent to an activating group) is 1. The fourth-order valence-corrected chi connectivity index (χ4v) is 2.77. The summed E-state index contributed by atoms with van der Waals surface area (Å²) in [5.74, 6) is 0.707. The highest BCUT2D eigenvalue weighted by Crippen LogP contribution is 2.15. The van der Waals surface area contributed by atoms with Gasteiger partial charge in [-0.05, 0) is 17.7 Å². The highest BCUT2D eigenvalue weighted by molar-refractivity contribution is 7.86. The van der Waals surface area contributed by atoms with E-state index in [2.05, 4.69) is 0 Å². The van der Waals surface area contributed by atoms with Crippen molar-refractivity contribution in [2.75, 3.05) is 34.3 Å². The minimum absolute atomic E-state index is 0.286.